The van der Waals surface area contributed by atoms with Gasteiger partial charge in [0.25, 0.3) is 0 Å². The Morgan fingerprint density at radius 1 is 1.39 bits per heavy atom. The van der Waals surface area contributed by atoms with Crippen molar-refractivity contribution in [3.8, 4) is 0 Å². The molecule has 1 saturated heterocycles. The van der Waals surface area contributed by atoms with Gasteiger partial charge >= 0.3 is 0 Å². The summed E-state index contributed by atoms with van der Waals surface area (Å²) < 4.78 is 0. The number of hydrogen-bond acceptors (Lipinski definition) is 4. The molecule has 0 aliphatic carbocycles. The molecule has 1 aliphatic heterocycles. The van der Waals surface area contributed by atoms with Gasteiger partial charge in [0.2, 0.25) is 0 Å². The van der Waals surface area contributed by atoms with Crippen molar-refractivity contribution in [2.75, 3.05) is 26.2 Å². The van der Waals surface area contributed by atoms with Gasteiger partial charge < -0.3 is 15.5 Å². The van der Waals surface area contributed by atoms with E-state index in [0.717, 1.165) is 17.5 Å². The van der Waals surface area contributed by atoms with Gasteiger partial charge in [-0.2, -0.15) is 0 Å². The van der Waals surface area contributed by atoms with Crippen molar-refractivity contribution in [3.63, 3.8) is 0 Å². The van der Waals surface area contributed by atoms with Crippen LogP contribution in [0.4, 0.5) is 0 Å². The first-order valence-electron chi connectivity index (χ1n) is 8.39. The molecular formula is C16H30IN5S. The molecule has 1 aromatic heterocycles. The van der Waals surface area contributed by atoms with Crippen LogP contribution in [0.15, 0.2) is 11.2 Å². The van der Waals surface area contributed by atoms with Gasteiger partial charge in [-0.1, -0.05) is 6.92 Å². The summed E-state index contributed by atoms with van der Waals surface area (Å²) in [6.45, 7) is 11.6. The van der Waals surface area contributed by atoms with Gasteiger partial charge in [0, 0.05) is 36.8 Å². The number of aliphatic imine (C=N–C) groups is 1. The molecule has 1 aromatic rings. The summed E-state index contributed by atoms with van der Waals surface area (Å²) in [4.78, 5) is 12.8. The molecule has 2 heterocycles. The van der Waals surface area contributed by atoms with Crippen LogP contribution in [0, 0.1) is 6.92 Å². The Labute approximate surface area is 161 Å². The molecule has 0 unspecified atom stereocenters. The van der Waals surface area contributed by atoms with Crippen molar-refractivity contribution in [2.24, 2.45) is 4.99 Å². The fraction of sp³-hybridized carbons (Fsp3) is 0.750. The third-order valence-electron chi connectivity index (χ3n) is 3.85. The summed E-state index contributed by atoms with van der Waals surface area (Å²) in [5, 5.41) is 8.01. The number of halogens is 1. The lowest BCUT2D eigenvalue weighted by Gasteiger charge is -2.32. The molecule has 0 bridgehead atoms. The van der Waals surface area contributed by atoms with E-state index in [1.807, 2.05) is 6.20 Å². The topological polar surface area (TPSA) is 52.5 Å². The highest BCUT2D eigenvalue weighted by Gasteiger charge is 2.19. The second-order valence-electron chi connectivity index (χ2n) is 5.82. The maximum absolute atomic E-state index is 4.68. The van der Waals surface area contributed by atoms with Crippen LogP contribution in [0.2, 0.25) is 0 Å². The molecular weight excluding hydrogens is 421 g/mol. The van der Waals surface area contributed by atoms with Crippen LogP contribution in [0.3, 0.4) is 0 Å². The zero-order valence-corrected chi connectivity index (χ0v) is 17.6. The highest BCUT2D eigenvalue weighted by molar-refractivity contribution is 14.0. The minimum absolute atomic E-state index is 0. The molecule has 5 nitrogen and oxygen atoms in total. The number of nitrogens with zero attached hydrogens (tertiary/aromatic N) is 3. The number of guanidine groups is 1. The Hall–Kier alpha value is -0.410. The smallest absolute Gasteiger partial charge is 0.191 e. The first-order chi connectivity index (χ1) is 10.7. The summed E-state index contributed by atoms with van der Waals surface area (Å²) in [5.74, 6) is 0.921. The molecule has 2 rings (SSSR count). The molecule has 23 heavy (non-hydrogen) atoms. The molecule has 1 aliphatic rings. The normalized spacial score (nSPS) is 16.9. The van der Waals surface area contributed by atoms with Crippen LogP contribution in [0.25, 0.3) is 0 Å². The minimum atomic E-state index is 0. The van der Waals surface area contributed by atoms with Crippen molar-refractivity contribution in [2.45, 2.75) is 52.6 Å². The number of thiazole rings is 1. The number of aromatic nitrogens is 1. The predicted molar refractivity (Wildman–Crippen MR) is 110 cm³/mol. The van der Waals surface area contributed by atoms with Crippen LogP contribution < -0.4 is 10.6 Å². The summed E-state index contributed by atoms with van der Waals surface area (Å²) >= 11 is 1.72. The monoisotopic (exact) mass is 451 g/mol. The fourth-order valence-electron chi connectivity index (χ4n) is 2.75. The van der Waals surface area contributed by atoms with E-state index in [1.54, 1.807) is 11.3 Å². The maximum Gasteiger partial charge on any atom is 0.191 e. The van der Waals surface area contributed by atoms with E-state index >= 15 is 0 Å². The van der Waals surface area contributed by atoms with E-state index in [9.17, 15) is 0 Å². The average molecular weight is 451 g/mol. The number of likely N-dealkylation sites (tertiary alicyclic amines) is 1. The van der Waals surface area contributed by atoms with Gasteiger partial charge in [0.05, 0.1) is 6.54 Å². The summed E-state index contributed by atoms with van der Waals surface area (Å²) in [6.07, 6.45) is 5.55. The number of nitrogens with one attached hydrogen (secondary N) is 2. The molecule has 2 N–H and O–H groups in total. The third kappa shape index (κ3) is 7.34. The van der Waals surface area contributed by atoms with Gasteiger partial charge in [-0.15, -0.1) is 35.3 Å². The Morgan fingerprint density at radius 3 is 2.70 bits per heavy atom. The lowest BCUT2D eigenvalue weighted by molar-refractivity contribution is 0.206. The SMILES string of the molecule is CCCN1CCC(NC(=NCc2ncc(C)s2)NCC)CC1.I. The second-order valence-corrected chi connectivity index (χ2v) is 7.14. The van der Waals surface area contributed by atoms with E-state index < -0.39 is 0 Å². The predicted octanol–water partition coefficient (Wildman–Crippen LogP) is 3.00. The minimum Gasteiger partial charge on any atom is -0.357 e. The zero-order chi connectivity index (χ0) is 15.8. The Morgan fingerprint density at radius 2 is 2.13 bits per heavy atom. The largest absolute Gasteiger partial charge is 0.357 e. The Kier molecular flexibility index (Phi) is 10.0. The summed E-state index contributed by atoms with van der Waals surface area (Å²) in [6, 6.07) is 0.531. The van der Waals surface area contributed by atoms with Gasteiger partial charge in [0.15, 0.2) is 5.96 Å². The van der Waals surface area contributed by atoms with Crippen molar-refractivity contribution in [1.29, 1.82) is 0 Å². The van der Waals surface area contributed by atoms with Gasteiger partial charge in [-0.05, 0) is 39.7 Å². The number of aryl methyl sites for hydroxylation is 1. The summed E-state index contributed by atoms with van der Waals surface area (Å²) in [5.41, 5.74) is 0. The number of hydrogen-bond donors (Lipinski definition) is 2. The zero-order valence-electron chi connectivity index (χ0n) is 14.5. The van der Waals surface area contributed by atoms with E-state index in [2.05, 4.69) is 46.3 Å². The molecule has 7 heteroatoms. The van der Waals surface area contributed by atoms with E-state index in [4.69, 9.17) is 0 Å². The quantitative estimate of drug-likeness (QED) is 0.397. The lowest BCUT2D eigenvalue weighted by Crippen LogP contribution is -2.48. The highest BCUT2D eigenvalue weighted by Crippen LogP contribution is 2.13. The first kappa shape index (κ1) is 20.6. The van der Waals surface area contributed by atoms with Crippen molar-refractivity contribution in [3.05, 3.63) is 16.1 Å². The molecule has 0 saturated carbocycles. The van der Waals surface area contributed by atoms with Crippen molar-refractivity contribution in [1.82, 2.24) is 20.5 Å². The standard InChI is InChI=1S/C16H29N5S.HI/c1-4-8-21-9-6-14(7-10-21)20-16(17-5-2)19-12-15-18-11-13(3)22-15;/h11,14H,4-10,12H2,1-3H3,(H2,17,19,20);1H. The Bertz CT molecular complexity index is 469. The summed E-state index contributed by atoms with van der Waals surface area (Å²) in [7, 11) is 0. The third-order valence-corrected chi connectivity index (χ3v) is 4.75. The average Bonchev–Trinajstić information content (AvgIpc) is 2.93. The van der Waals surface area contributed by atoms with Crippen LogP contribution in [-0.4, -0.2) is 48.1 Å². The first-order valence-corrected chi connectivity index (χ1v) is 9.21. The Balaban J connectivity index is 0.00000264. The van der Waals surface area contributed by atoms with E-state index in [1.165, 1.54) is 43.8 Å². The van der Waals surface area contributed by atoms with Crippen LogP contribution in [0.5, 0.6) is 0 Å². The number of rotatable bonds is 6. The van der Waals surface area contributed by atoms with Crippen LogP contribution >= 0.6 is 35.3 Å². The van der Waals surface area contributed by atoms with Crippen molar-refractivity contribution >= 4 is 41.3 Å². The van der Waals surface area contributed by atoms with Gasteiger partial charge in [-0.25, -0.2) is 9.98 Å². The van der Waals surface area contributed by atoms with E-state index in [0.29, 0.717) is 12.6 Å². The van der Waals surface area contributed by atoms with Gasteiger partial charge in [0.1, 0.15) is 5.01 Å². The highest BCUT2D eigenvalue weighted by atomic mass is 127. The molecule has 132 valence electrons. The maximum atomic E-state index is 4.68. The molecule has 0 atom stereocenters. The number of piperidine rings is 1. The van der Waals surface area contributed by atoms with Crippen LogP contribution in [-0.2, 0) is 6.54 Å². The second kappa shape index (κ2) is 11.2. The van der Waals surface area contributed by atoms with Crippen molar-refractivity contribution < 1.29 is 0 Å². The molecule has 0 spiro atoms. The molecule has 0 amide bonds. The lowest BCUT2D eigenvalue weighted by atomic mass is 10.1. The van der Waals surface area contributed by atoms with E-state index in [-0.39, 0.29) is 24.0 Å². The molecule has 0 aromatic carbocycles. The molecule has 0 radical (unpaired) electrons. The van der Waals surface area contributed by atoms with Crippen LogP contribution in [0.1, 0.15) is 43.0 Å². The molecule has 1 fully saturated rings. The van der Waals surface area contributed by atoms with Gasteiger partial charge in [-0.3, -0.25) is 0 Å². The fourth-order valence-corrected chi connectivity index (χ4v) is 3.46.